The molecule has 0 atom stereocenters. The lowest BCUT2D eigenvalue weighted by molar-refractivity contribution is -0.125. The molecule has 1 heterocycles. The van der Waals surface area contributed by atoms with Gasteiger partial charge in [-0.1, -0.05) is 24.3 Å². The first-order valence-corrected chi connectivity index (χ1v) is 8.12. The molecule has 8 heteroatoms. The summed E-state index contributed by atoms with van der Waals surface area (Å²) in [6.07, 6.45) is 4.88. The molecule has 2 amide bonds. The molecule has 0 saturated carbocycles. The number of rotatable bonds is 9. The van der Waals surface area contributed by atoms with Crippen LogP contribution in [-0.4, -0.2) is 36.1 Å². The molecule has 0 aliphatic carbocycles. The summed E-state index contributed by atoms with van der Waals surface area (Å²) in [7, 11) is 0. The largest absolute Gasteiger partial charge is 0.350 e. The standard InChI is InChI=1S/C18H22N6O2/c19-24-11-15-3-1-14(2-4-15)9-21-12-17(25)23-13-18(26)22-10-16-5-7-20-8-6-16/h1-8,11,21H,9-10,12-13,19H2,(H,22,26)(H,23,25). The van der Waals surface area contributed by atoms with E-state index in [0.717, 1.165) is 16.7 Å². The molecule has 0 saturated heterocycles. The van der Waals surface area contributed by atoms with Gasteiger partial charge in [-0.2, -0.15) is 5.10 Å². The van der Waals surface area contributed by atoms with Crippen LogP contribution >= 0.6 is 0 Å². The van der Waals surface area contributed by atoms with Crippen molar-refractivity contribution in [3.63, 3.8) is 0 Å². The van der Waals surface area contributed by atoms with Crippen molar-refractivity contribution < 1.29 is 9.59 Å². The highest BCUT2D eigenvalue weighted by Crippen LogP contribution is 2.02. The fourth-order valence-electron chi connectivity index (χ4n) is 2.13. The van der Waals surface area contributed by atoms with Crippen LogP contribution in [0.4, 0.5) is 0 Å². The topological polar surface area (TPSA) is 121 Å². The van der Waals surface area contributed by atoms with E-state index in [2.05, 4.69) is 26.0 Å². The van der Waals surface area contributed by atoms with Gasteiger partial charge in [0, 0.05) is 25.5 Å². The Labute approximate surface area is 151 Å². The van der Waals surface area contributed by atoms with E-state index in [4.69, 9.17) is 5.84 Å². The number of hydrogen-bond donors (Lipinski definition) is 4. The first kappa shape index (κ1) is 19.1. The van der Waals surface area contributed by atoms with Crippen LogP contribution in [0.3, 0.4) is 0 Å². The molecule has 1 aromatic carbocycles. The van der Waals surface area contributed by atoms with Gasteiger partial charge in [-0.25, -0.2) is 0 Å². The summed E-state index contributed by atoms with van der Waals surface area (Å²) in [6, 6.07) is 11.3. The van der Waals surface area contributed by atoms with Gasteiger partial charge in [-0.05, 0) is 28.8 Å². The molecule has 136 valence electrons. The number of benzene rings is 1. The second-order valence-electron chi connectivity index (χ2n) is 5.53. The minimum Gasteiger partial charge on any atom is -0.350 e. The second kappa shape index (κ2) is 10.6. The Morgan fingerprint density at radius 3 is 2.27 bits per heavy atom. The highest BCUT2D eigenvalue weighted by molar-refractivity contribution is 5.85. The van der Waals surface area contributed by atoms with Crippen molar-refractivity contribution in [1.29, 1.82) is 0 Å². The lowest BCUT2D eigenvalue weighted by Gasteiger charge is -2.08. The van der Waals surface area contributed by atoms with Gasteiger partial charge in [0.05, 0.1) is 19.3 Å². The van der Waals surface area contributed by atoms with Gasteiger partial charge >= 0.3 is 0 Å². The third-order valence-electron chi connectivity index (χ3n) is 3.50. The van der Waals surface area contributed by atoms with Gasteiger partial charge in [0.2, 0.25) is 11.8 Å². The zero-order valence-corrected chi connectivity index (χ0v) is 14.3. The van der Waals surface area contributed by atoms with Crippen LogP contribution in [0, 0.1) is 0 Å². The fraction of sp³-hybridized carbons (Fsp3) is 0.222. The van der Waals surface area contributed by atoms with E-state index in [-0.39, 0.29) is 24.9 Å². The predicted molar refractivity (Wildman–Crippen MR) is 99.0 cm³/mol. The zero-order chi connectivity index (χ0) is 18.6. The van der Waals surface area contributed by atoms with E-state index in [1.807, 2.05) is 36.4 Å². The lowest BCUT2D eigenvalue weighted by Crippen LogP contribution is -2.40. The van der Waals surface area contributed by atoms with E-state index in [0.29, 0.717) is 13.1 Å². The van der Waals surface area contributed by atoms with Crippen LogP contribution in [0.5, 0.6) is 0 Å². The smallest absolute Gasteiger partial charge is 0.239 e. The number of pyridine rings is 1. The first-order valence-electron chi connectivity index (χ1n) is 8.12. The highest BCUT2D eigenvalue weighted by atomic mass is 16.2. The molecule has 26 heavy (non-hydrogen) atoms. The number of hydrazone groups is 1. The lowest BCUT2D eigenvalue weighted by atomic mass is 10.1. The molecule has 0 fully saturated rings. The van der Waals surface area contributed by atoms with Crippen LogP contribution in [-0.2, 0) is 22.7 Å². The molecule has 0 aliphatic heterocycles. The van der Waals surface area contributed by atoms with Gasteiger partial charge in [0.25, 0.3) is 0 Å². The Balaban J connectivity index is 1.60. The molecule has 0 bridgehead atoms. The number of amides is 2. The number of aromatic nitrogens is 1. The van der Waals surface area contributed by atoms with Crippen LogP contribution in [0.2, 0.25) is 0 Å². The first-order chi connectivity index (χ1) is 12.7. The summed E-state index contributed by atoms with van der Waals surface area (Å²) in [4.78, 5) is 27.4. The third kappa shape index (κ3) is 7.10. The van der Waals surface area contributed by atoms with Crippen LogP contribution in [0.15, 0.2) is 53.9 Å². The SMILES string of the molecule is NN=Cc1ccc(CNCC(=O)NCC(=O)NCc2ccncc2)cc1. The second-order valence-corrected chi connectivity index (χ2v) is 5.53. The van der Waals surface area contributed by atoms with Gasteiger partial charge in [-0.15, -0.1) is 0 Å². The van der Waals surface area contributed by atoms with E-state index >= 15 is 0 Å². The van der Waals surface area contributed by atoms with Crippen molar-refractivity contribution in [3.8, 4) is 0 Å². The molecular weight excluding hydrogens is 332 g/mol. The quantitative estimate of drug-likeness (QED) is 0.285. The van der Waals surface area contributed by atoms with Crippen molar-refractivity contribution >= 4 is 18.0 Å². The molecule has 0 spiro atoms. The van der Waals surface area contributed by atoms with Gasteiger partial charge < -0.3 is 21.8 Å². The molecule has 2 aromatic rings. The fourth-order valence-corrected chi connectivity index (χ4v) is 2.13. The summed E-state index contributed by atoms with van der Waals surface area (Å²) in [5, 5.41) is 11.8. The summed E-state index contributed by atoms with van der Waals surface area (Å²) in [5.41, 5.74) is 2.89. The number of nitrogens with one attached hydrogen (secondary N) is 3. The average molecular weight is 354 g/mol. The molecule has 8 nitrogen and oxygen atoms in total. The number of nitrogens with zero attached hydrogens (tertiary/aromatic N) is 2. The van der Waals surface area contributed by atoms with Crippen molar-refractivity contribution in [2.24, 2.45) is 10.9 Å². The van der Waals surface area contributed by atoms with E-state index in [1.54, 1.807) is 18.6 Å². The summed E-state index contributed by atoms with van der Waals surface area (Å²) < 4.78 is 0. The van der Waals surface area contributed by atoms with Crippen molar-refractivity contribution in [2.75, 3.05) is 13.1 Å². The monoisotopic (exact) mass is 354 g/mol. The van der Waals surface area contributed by atoms with Crippen molar-refractivity contribution in [3.05, 3.63) is 65.5 Å². The Bertz CT molecular complexity index is 731. The zero-order valence-electron chi connectivity index (χ0n) is 14.3. The number of carbonyl (C=O) groups is 2. The summed E-state index contributed by atoms with van der Waals surface area (Å²) in [5.74, 6) is 4.61. The minimum absolute atomic E-state index is 0.0568. The van der Waals surface area contributed by atoms with Gasteiger partial charge in [0.15, 0.2) is 0 Å². The minimum atomic E-state index is -0.243. The maximum atomic E-state index is 11.8. The Morgan fingerprint density at radius 1 is 0.923 bits per heavy atom. The summed E-state index contributed by atoms with van der Waals surface area (Å²) in [6.45, 7) is 1.02. The highest BCUT2D eigenvalue weighted by Gasteiger charge is 2.05. The van der Waals surface area contributed by atoms with Crippen molar-refractivity contribution in [1.82, 2.24) is 20.9 Å². The van der Waals surface area contributed by atoms with Crippen LogP contribution < -0.4 is 21.8 Å². The average Bonchev–Trinajstić information content (AvgIpc) is 2.67. The molecule has 1 aromatic heterocycles. The normalized spacial score (nSPS) is 10.6. The third-order valence-corrected chi connectivity index (χ3v) is 3.50. The maximum Gasteiger partial charge on any atom is 0.239 e. The van der Waals surface area contributed by atoms with Crippen LogP contribution in [0.25, 0.3) is 0 Å². The van der Waals surface area contributed by atoms with Gasteiger partial charge in [0.1, 0.15) is 0 Å². The number of hydrogen-bond acceptors (Lipinski definition) is 6. The van der Waals surface area contributed by atoms with Gasteiger partial charge in [-0.3, -0.25) is 14.6 Å². The van der Waals surface area contributed by atoms with E-state index in [1.165, 1.54) is 0 Å². The predicted octanol–water partition coefficient (Wildman–Crippen LogP) is -0.104. The summed E-state index contributed by atoms with van der Waals surface area (Å²) >= 11 is 0. The Kier molecular flexibility index (Phi) is 7.75. The molecule has 5 N–H and O–H groups in total. The Hall–Kier alpha value is -3.26. The number of carbonyl (C=O) groups excluding carboxylic acids is 2. The molecule has 0 radical (unpaired) electrons. The van der Waals surface area contributed by atoms with Crippen LogP contribution in [0.1, 0.15) is 16.7 Å². The maximum absolute atomic E-state index is 11.8. The molecule has 2 rings (SSSR count). The molecular formula is C18H22N6O2. The number of nitrogens with two attached hydrogens (primary N) is 1. The molecule has 0 aliphatic rings. The van der Waals surface area contributed by atoms with E-state index in [9.17, 15) is 9.59 Å². The van der Waals surface area contributed by atoms with E-state index < -0.39 is 0 Å². The Morgan fingerprint density at radius 2 is 1.58 bits per heavy atom. The molecule has 0 unspecified atom stereocenters. The van der Waals surface area contributed by atoms with Crippen molar-refractivity contribution in [2.45, 2.75) is 13.1 Å².